The van der Waals surface area contributed by atoms with Gasteiger partial charge in [0.15, 0.2) is 0 Å². The number of rotatable bonds is 11. The SMILES string of the molecule is CCCCCCCCCC(CO)Cc1cccc(C)c1. The van der Waals surface area contributed by atoms with Gasteiger partial charge >= 0.3 is 0 Å². The van der Waals surface area contributed by atoms with E-state index in [4.69, 9.17) is 0 Å². The highest BCUT2D eigenvalue weighted by molar-refractivity contribution is 5.22. The molecule has 0 heterocycles. The molecule has 1 nitrogen and oxygen atoms in total. The first-order valence-corrected chi connectivity index (χ1v) is 8.42. The van der Waals surface area contributed by atoms with E-state index in [1.54, 1.807) is 0 Å². The molecule has 0 aliphatic rings. The Balaban J connectivity index is 2.16. The van der Waals surface area contributed by atoms with Crippen LogP contribution in [0.2, 0.25) is 0 Å². The number of aryl methyl sites for hydroxylation is 1. The molecule has 20 heavy (non-hydrogen) atoms. The largest absolute Gasteiger partial charge is 0.396 e. The first-order valence-electron chi connectivity index (χ1n) is 8.42. The van der Waals surface area contributed by atoms with E-state index in [9.17, 15) is 5.11 Å². The van der Waals surface area contributed by atoms with Gasteiger partial charge in [-0.1, -0.05) is 81.7 Å². The van der Waals surface area contributed by atoms with Gasteiger partial charge in [-0.2, -0.15) is 0 Å². The second kappa shape index (κ2) is 10.9. The zero-order valence-electron chi connectivity index (χ0n) is 13.4. The Labute approximate surface area is 125 Å². The van der Waals surface area contributed by atoms with Crippen LogP contribution in [0.1, 0.15) is 69.4 Å². The number of hydrogen-bond donors (Lipinski definition) is 1. The van der Waals surface area contributed by atoms with Crippen molar-refractivity contribution in [3.8, 4) is 0 Å². The molecule has 1 heteroatoms. The van der Waals surface area contributed by atoms with Crippen molar-refractivity contribution in [2.75, 3.05) is 6.61 Å². The Morgan fingerprint density at radius 1 is 1.00 bits per heavy atom. The number of unbranched alkanes of at least 4 members (excludes halogenated alkanes) is 6. The molecule has 0 bridgehead atoms. The Morgan fingerprint density at radius 2 is 1.70 bits per heavy atom. The molecule has 0 aliphatic carbocycles. The van der Waals surface area contributed by atoms with E-state index in [1.807, 2.05) is 0 Å². The van der Waals surface area contributed by atoms with Gasteiger partial charge in [0.25, 0.3) is 0 Å². The molecule has 1 aromatic carbocycles. The van der Waals surface area contributed by atoms with Gasteiger partial charge in [-0.25, -0.2) is 0 Å². The van der Waals surface area contributed by atoms with E-state index in [1.165, 1.54) is 56.1 Å². The second-order valence-electron chi connectivity index (χ2n) is 6.15. The van der Waals surface area contributed by atoms with Crippen molar-refractivity contribution < 1.29 is 5.11 Å². The van der Waals surface area contributed by atoms with Crippen molar-refractivity contribution in [1.29, 1.82) is 0 Å². The number of aliphatic hydroxyl groups excluding tert-OH is 1. The van der Waals surface area contributed by atoms with Crippen LogP contribution in [0.3, 0.4) is 0 Å². The van der Waals surface area contributed by atoms with Crippen LogP contribution in [0.25, 0.3) is 0 Å². The minimum atomic E-state index is 0.323. The van der Waals surface area contributed by atoms with E-state index in [0.29, 0.717) is 12.5 Å². The van der Waals surface area contributed by atoms with Gasteiger partial charge in [0.05, 0.1) is 0 Å². The smallest absolute Gasteiger partial charge is 0.0462 e. The lowest BCUT2D eigenvalue weighted by Gasteiger charge is -2.14. The highest BCUT2D eigenvalue weighted by Crippen LogP contribution is 2.17. The summed E-state index contributed by atoms with van der Waals surface area (Å²) >= 11 is 0. The molecule has 114 valence electrons. The quantitative estimate of drug-likeness (QED) is 0.545. The van der Waals surface area contributed by atoms with Crippen LogP contribution in [0.4, 0.5) is 0 Å². The molecule has 0 aromatic heterocycles. The standard InChI is InChI=1S/C19H32O/c1-3-4-5-6-7-8-9-12-19(16-20)15-18-13-10-11-17(2)14-18/h10-11,13-14,19-20H,3-9,12,15-16H2,1-2H3. The summed E-state index contributed by atoms with van der Waals surface area (Å²) in [6.45, 7) is 4.72. The Bertz CT molecular complexity index is 345. The van der Waals surface area contributed by atoms with Crippen molar-refractivity contribution in [3.05, 3.63) is 35.4 Å². The van der Waals surface area contributed by atoms with E-state index in [2.05, 4.69) is 38.1 Å². The van der Waals surface area contributed by atoms with Gasteiger partial charge in [0.1, 0.15) is 0 Å². The maximum Gasteiger partial charge on any atom is 0.0462 e. The van der Waals surface area contributed by atoms with Gasteiger partial charge in [-0.3, -0.25) is 0 Å². The van der Waals surface area contributed by atoms with Crippen molar-refractivity contribution in [2.24, 2.45) is 5.92 Å². The summed E-state index contributed by atoms with van der Waals surface area (Å²) in [5.74, 6) is 0.437. The third kappa shape index (κ3) is 7.69. The predicted molar refractivity (Wildman–Crippen MR) is 88.1 cm³/mol. The number of hydrogen-bond acceptors (Lipinski definition) is 1. The van der Waals surface area contributed by atoms with Crippen LogP contribution in [0.15, 0.2) is 24.3 Å². The predicted octanol–water partition coefficient (Wildman–Crippen LogP) is 5.29. The molecule has 0 spiro atoms. The van der Waals surface area contributed by atoms with Crippen molar-refractivity contribution >= 4 is 0 Å². The van der Waals surface area contributed by atoms with E-state index in [-0.39, 0.29) is 0 Å². The van der Waals surface area contributed by atoms with Gasteiger partial charge in [0.2, 0.25) is 0 Å². The summed E-state index contributed by atoms with van der Waals surface area (Å²) in [6, 6.07) is 8.68. The van der Waals surface area contributed by atoms with Crippen LogP contribution in [-0.4, -0.2) is 11.7 Å². The third-order valence-corrected chi connectivity index (χ3v) is 4.08. The monoisotopic (exact) mass is 276 g/mol. The fraction of sp³-hybridized carbons (Fsp3) is 0.684. The van der Waals surface area contributed by atoms with E-state index >= 15 is 0 Å². The maximum absolute atomic E-state index is 9.53. The van der Waals surface area contributed by atoms with Gasteiger partial charge in [-0.05, 0) is 31.2 Å². The van der Waals surface area contributed by atoms with Crippen molar-refractivity contribution in [3.63, 3.8) is 0 Å². The minimum Gasteiger partial charge on any atom is -0.396 e. The topological polar surface area (TPSA) is 20.2 Å². The highest BCUT2D eigenvalue weighted by Gasteiger charge is 2.08. The third-order valence-electron chi connectivity index (χ3n) is 4.08. The maximum atomic E-state index is 9.53. The van der Waals surface area contributed by atoms with E-state index in [0.717, 1.165) is 12.8 Å². The molecule has 0 saturated carbocycles. The Morgan fingerprint density at radius 3 is 2.35 bits per heavy atom. The fourth-order valence-corrected chi connectivity index (χ4v) is 2.82. The van der Waals surface area contributed by atoms with Crippen LogP contribution in [0, 0.1) is 12.8 Å². The molecule has 0 radical (unpaired) electrons. The Hall–Kier alpha value is -0.820. The molecule has 1 rings (SSSR count). The lowest BCUT2D eigenvalue weighted by molar-refractivity contribution is 0.214. The second-order valence-corrected chi connectivity index (χ2v) is 6.15. The van der Waals surface area contributed by atoms with Crippen LogP contribution >= 0.6 is 0 Å². The molecule has 0 aliphatic heterocycles. The average molecular weight is 276 g/mol. The van der Waals surface area contributed by atoms with Crippen LogP contribution in [0.5, 0.6) is 0 Å². The molecule has 1 atom stereocenters. The average Bonchev–Trinajstić information content (AvgIpc) is 2.45. The Kier molecular flexibility index (Phi) is 9.40. The molecule has 0 amide bonds. The molecule has 1 N–H and O–H groups in total. The molecule has 1 unspecified atom stereocenters. The zero-order chi connectivity index (χ0) is 14.6. The molecular weight excluding hydrogens is 244 g/mol. The lowest BCUT2D eigenvalue weighted by Crippen LogP contribution is -2.09. The van der Waals surface area contributed by atoms with Crippen LogP contribution < -0.4 is 0 Å². The minimum absolute atomic E-state index is 0.323. The summed E-state index contributed by atoms with van der Waals surface area (Å²) in [7, 11) is 0. The summed E-state index contributed by atoms with van der Waals surface area (Å²) in [5, 5.41) is 9.53. The molecule has 1 aromatic rings. The van der Waals surface area contributed by atoms with E-state index < -0.39 is 0 Å². The van der Waals surface area contributed by atoms with Crippen molar-refractivity contribution in [1.82, 2.24) is 0 Å². The molecule has 0 saturated heterocycles. The van der Waals surface area contributed by atoms with Crippen LogP contribution in [-0.2, 0) is 6.42 Å². The molecular formula is C19H32O. The molecule has 0 fully saturated rings. The normalized spacial score (nSPS) is 12.6. The van der Waals surface area contributed by atoms with Crippen molar-refractivity contribution in [2.45, 2.75) is 71.6 Å². The lowest BCUT2D eigenvalue weighted by atomic mass is 9.93. The number of benzene rings is 1. The first kappa shape index (κ1) is 17.2. The summed E-state index contributed by atoms with van der Waals surface area (Å²) in [4.78, 5) is 0. The zero-order valence-corrected chi connectivity index (χ0v) is 13.4. The van der Waals surface area contributed by atoms with Gasteiger partial charge in [0, 0.05) is 6.61 Å². The summed E-state index contributed by atoms with van der Waals surface area (Å²) in [6.07, 6.45) is 11.6. The van der Waals surface area contributed by atoms with Gasteiger partial charge < -0.3 is 5.11 Å². The summed E-state index contributed by atoms with van der Waals surface area (Å²) < 4.78 is 0. The summed E-state index contributed by atoms with van der Waals surface area (Å²) in [5.41, 5.74) is 2.68. The first-order chi connectivity index (χ1) is 9.76. The highest BCUT2D eigenvalue weighted by atomic mass is 16.3. The number of aliphatic hydroxyl groups is 1. The van der Waals surface area contributed by atoms with Gasteiger partial charge in [-0.15, -0.1) is 0 Å². The fourth-order valence-electron chi connectivity index (χ4n) is 2.82.